The van der Waals surface area contributed by atoms with E-state index in [0.717, 1.165) is 31.2 Å². The van der Waals surface area contributed by atoms with Gasteiger partial charge in [-0.2, -0.15) is 0 Å². The second kappa shape index (κ2) is 7.48. The normalized spacial score (nSPS) is 15.4. The van der Waals surface area contributed by atoms with Crippen molar-refractivity contribution in [2.24, 2.45) is 0 Å². The first-order valence-electron chi connectivity index (χ1n) is 6.93. The van der Waals surface area contributed by atoms with Gasteiger partial charge in [-0.1, -0.05) is 43.2 Å². The van der Waals surface area contributed by atoms with E-state index in [2.05, 4.69) is 5.32 Å². The molecule has 4 nitrogen and oxygen atoms in total. The number of amides is 1. The van der Waals surface area contributed by atoms with Gasteiger partial charge in [-0.05, 0) is 24.5 Å². The van der Waals surface area contributed by atoms with E-state index in [1.54, 1.807) is 6.08 Å². The lowest BCUT2D eigenvalue weighted by molar-refractivity contribution is -0.144. The summed E-state index contributed by atoms with van der Waals surface area (Å²) >= 11 is 0. The molecule has 0 atom stereocenters. The number of esters is 1. The van der Waals surface area contributed by atoms with Gasteiger partial charge in [0, 0.05) is 12.1 Å². The molecule has 0 saturated heterocycles. The number of rotatable bonds is 5. The van der Waals surface area contributed by atoms with Crippen LogP contribution in [0.3, 0.4) is 0 Å². The molecule has 0 aliphatic heterocycles. The smallest absolute Gasteiger partial charge is 0.331 e. The zero-order chi connectivity index (χ0) is 14.2. The maximum Gasteiger partial charge on any atom is 0.331 e. The van der Waals surface area contributed by atoms with Crippen molar-refractivity contribution in [2.45, 2.75) is 31.7 Å². The van der Waals surface area contributed by atoms with Crippen LogP contribution in [-0.2, 0) is 14.3 Å². The molecule has 106 valence electrons. The third-order valence-corrected chi connectivity index (χ3v) is 3.28. The lowest BCUT2D eigenvalue weighted by Crippen LogP contribution is -2.35. The highest BCUT2D eigenvalue weighted by atomic mass is 16.5. The van der Waals surface area contributed by atoms with E-state index in [0.29, 0.717) is 0 Å². The van der Waals surface area contributed by atoms with E-state index in [-0.39, 0.29) is 18.6 Å². The minimum atomic E-state index is -0.504. The third kappa shape index (κ3) is 4.88. The van der Waals surface area contributed by atoms with Crippen molar-refractivity contribution in [1.82, 2.24) is 5.32 Å². The van der Waals surface area contributed by atoms with Gasteiger partial charge in [0.2, 0.25) is 0 Å². The molecule has 4 heteroatoms. The molecule has 0 aromatic heterocycles. The summed E-state index contributed by atoms with van der Waals surface area (Å²) in [6, 6.07) is 9.71. The fourth-order valence-electron chi connectivity index (χ4n) is 2.25. The van der Waals surface area contributed by atoms with Crippen LogP contribution in [0, 0.1) is 0 Å². The Morgan fingerprint density at radius 1 is 1.20 bits per heavy atom. The van der Waals surface area contributed by atoms with E-state index in [4.69, 9.17) is 4.74 Å². The number of benzene rings is 1. The Morgan fingerprint density at radius 3 is 2.60 bits per heavy atom. The Kier molecular flexibility index (Phi) is 5.35. The van der Waals surface area contributed by atoms with Crippen LogP contribution in [0.4, 0.5) is 0 Å². The van der Waals surface area contributed by atoms with E-state index in [9.17, 15) is 9.59 Å². The molecule has 1 amide bonds. The molecule has 1 aromatic carbocycles. The standard InChI is InChI=1S/C16H19NO3/c18-15(17-14-8-4-5-9-14)12-20-16(19)11-10-13-6-2-1-3-7-13/h1-3,6-7,10-11,14H,4-5,8-9,12H2,(H,17,18). The molecule has 1 aliphatic rings. The highest BCUT2D eigenvalue weighted by Gasteiger charge is 2.17. The maximum absolute atomic E-state index is 11.6. The number of hydrogen-bond donors (Lipinski definition) is 1. The second-order valence-corrected chi connectivity index (χ2v) is 4.90. The number of carbonyl (C=O) groups excluding carboxylic acids is 2. The SMILES string of the molecule is O=C(COC(=O)C=Cc1ccccc1)NC1CCCC1. The van der Waals surface area contributed by atoms with Gasteiger partial charge in [0.1, 0.15) is 0 Å². The van der Waals surface area contributed by atoms with E-state index in [1.807, 2.05) is 30.3 Å². The predicted octanol–water partition coefficient (Wildman–Crippen LogP) is 2.30. The first kappa shape index (κ1) is 14.3. The molecule has 0 heterocycles. The van der Waals surface area contributed by atoms with Crippen LogP contribution in [0.25, 0.3) is 6.08 Å². The molecular formula is C16H19NO3. The molecule has 1 N–H and O–H groups in total. The van der Waals surface area contributed by atoms with Crippen molar-refractivity contribution in [2.75, 3.05) is 6.61 Å². The Bertz CT molecular complexity index is 476. The lowest BCUT2D eigenvalue weighted by atomic mass is 10.2. The minimum absolute atomic E-state index is 0.214. The Morgan fingerprint density at radius 2 is 1.90 bits per heavy atom. The molecule has 1 aliphatic carbocycles. The molecule has 1 fully saturated rings. The monoisotopic (exact) mass is 273 g/mol. The molecule has 1 aromatic rings. The molecule has 1 saturated carbocycles. The molecule has 20 heavy (non-hydrogen) atoms. The number of carbonyl (C=O) groups is 2. The highest BCUT2D eigenvalue weighted by Crippen LogP contribution is 2.17. The van der Waals surface area contributed by atoms with Crippen molar-refractivity contribution in [3.63, 3.8) is 0 Å². The molecular weight excluding hydrogens is 254 g/mol. The fraction of sp³-hybridized carbons (Fsp3) is 0.375. The zero-order valence-electron chi connectivity index (χ0n) is 11.4. The molecule has 0 bridgehead atoms. The second-order valence-electron chi connectivity index (χ2n) is 4.90. The van der Waals surface area contributed by atoms with E-state index >= 15 is 0 Å². The summed E-state index contributed by atoms with van der Waals surface area (Å²) in [5.41, 5.74) is 0.917. The van der Waals surface area contributed by atoms with Gasteiger partial charge >= 0.3 is 5.97 Å². The minimum Gasteiger partial charge on any atom is -0.452 e. The van der Waals surface area contributed by atoms with Crippen LogP contribution in [0.15, 0.2) is 36.4 Å². The lowest BCUT2D eigenvalue weighted by Gasteiger charge is -2.11. The highest BCUT2D eigenvalue weighted by molar-refractivity contribution is 5.89. The Labute approximate surface area is 118 Å². The summed E-state index contributed by atoms with van der Waals surface area (Å²) in [7, 11) is 0. The predicted molar refractivity (Wildman–Crippen MR) is 76.8 cm³/mol. The van der Waals surface area contributed by atoms with E-state index < -0.39 is 5.97 Å². The summed E-state index contributed by atoms with van der Waals surface area (Å²) in [6.07, 6.45) is 7.35. The van der Waals surface area contributed by atoms with Crippen molar-refractivity contribution < 1.29 is 14.3 Å². The van der Waals surface area contributed by atoms with Crippen LogP contribution in [-0.4, -0.2) is 24.5 Å². The maximum atomic E-state index is 11.6. The molecule has 2 rings (SSSR count). The van der Waals surface area contributed by atoms with Gasteiger partial charge in [-0.15, -0.1) is 0 Å². The van der Waals surface area contributed by atoms with Crippen LogP contribution in [0.2, 0.25) is 0 Å². The summed E-state index contributed by atoms with van der Waals surface area (Å²) in [5.74, 6) is -0.728. The Balaban J connectivity index is 1.69. The Hall–Kier alpha value is -2.10. The van der Waals surface area contributed by atoms with Crippen LogP contribution >= 0.6 is 0 Å². The van der Waals surface area contributed by atoms with Crippen molar-refractivity contribution in [3.05, 3.63) is 42.0 Å². The van der Waals surface area contributed by atoms with Crippen molar-refractivity contribution >= 4 is 18.0 Å². The summed E-state index contributed by atoms with van der Waals surface area (Å²) in [4.78, 5) is 23.0. The van der Waals surface area contributed by atoms with Gasteiger partial charge in [0.15, 0.2) is 6.61 Å². The van der Waals surface area contributed by atoms with Gasteiger partial charge in [-0.3, -0.25) is 4.79 Å². The van der Waals surface area contributed by atoms with Crippen LogP contribution in [0.5, 0.6) is 0 Å². The van der Waals surface area contributed by atoms with Crippen molar-refractivity contribution in [3.8, 4) is 0 Å². The first-order chi connectivity index (χ1) is 9.74. The average molecular weight is 273 g/mol. The number of nitrogens with one attached hydrogen (secondary N) is 1. The van der Waals surface area contributed by atoms with Crippen molar-refractivity contribution in [1.29, 1.82) is 0 Å². The van der Waals surface area contributed by atoms with Gasteiger partial charge in [-0.25, -0.2) is 4.79 Å². The van der Waals surface area contributed by atoms with Crippen LogP contribution < -0.4 is 5.32 Å². The summed E-state index contributed by atoms with van der Waals surface area (Å²) in [5, 5.41) is 2.87. The van der Waals surface area contributed by atoms with Crippen LogP contribution in [0.1, 0.15) is 31.2 Å². The number of ether oxygens (including phenoxy) is 1. The van der Waals surface area contributed by atoms with Gasteiger partial charge < -0.3 is 10.1 Å². The fourth-order valence-corrected chi connectivity index (χ4v) is 2.25. The average Bonchev–Trinajstić information content (AvgIpc) is 2.97. The summed E-state index contributed by atoms with van der Waals surface area (Å²) < 4.78 is 4.90. The third-order valence-electron chi connectivity index (χ3n) is 3.28. The molecule has 0 spiro atoms. The summed E-state index contributed by atoms with van der Waals surface area (Å²) in [6.45, 7) is -0.214. The van der Waals surface area contributed by atoms with Gasteiger partial charge in [0.25, 0.3) is 5.91 Å². The quantitative estimate of drug-likeness (QED) is 0.661. The first-order valence-corrected chi connectivity index (χ1v) is 6.93. The molecule has 0 unspecified atom stereocenters. The van der Waals surface area contributed by atoms with E-state index in [1.165, 1.54) is 6.08 Å². The topological polar surface area (TPSA) is 55.4 Å². The largest absolute Gasteiger partial charge is 0.452 e. The zero-order valence-corrected chi connectivity index (χ0v) is 11.4. The molecule has 0 radical (unpaired) electrons. The number of hydrogen-bond acceptors (Lipinski definition) is 3. The van der Waals surface area contributed by atoms with Gasteiger partial charge in [0.05, 0.1) is 0 Å².